The summed E-state index contributed by atoms with van der Waals surface area (Å²) < 4.78 is 0. The van der Waals surface area contributed by atoms with Gasteiger partial charge >= 0.3 is 5.97 Å². The molecule has 0 aromatic rings. The monoisotopic (exact) mass is 168 g/mol. The summed E-state index contributed by atoms with van der Waals surface area (Å²) >= 11 is 0. The van der Waals surface area contributed by atoms with Crippen LogP contribution in [0, 0.1) is 5.92 Å². The average molecular weight is 168 g/mol. The molecule has 0 heterocycles. The lowest BCUT2D eigenvalue weighted by molar-refractivity contribution is -0.136. The molecule has 1 aliphatic carbocycles. The van der Waals surface area contributed by atoms with Gasteiger partial charge in [0, 0.05) is 0 Å². The Hall–Kier alpha value is -0.790. The van der Waals surface area contributed by atoms with Crippen LogP contribution in [0.5, 0.6) is 0 Å². The predicted molar refractivity (Wildman–Crippen MR) is 48.0 cm³/mol. The van der Waals surface area contributed by atoms with Crippen LogP contribution in [0.2, 0.25) is 0 Å². The number of hydrogen-bond donors (Lipinski definition) is 1. The summed E-state index contributed by atoms with van der Waals surface area (Å²) in [5.74, 6) is -0.215. The van der Waals surface area contributed by atoms with E-state index in [-0.39, 0.29) is 6.42 Å². The number of rotatable bonds is 2. The fourth-order valence-electron chi connectivity index (χ4n) is 1.92. The topological polar surface area (TPSA) is 37.3 Å². The molecule has 0 saturated carbocycles. The highest BCUT2D eigenvalue weighted by molar-refractivity contribution is 5.70. The van der Waals surface area contributed by atoms with Crippen LogP contribution in [0.4, 0.5) is 0 Å². The lowest BCUT2D eigenvalue weighted by atomic mass is 9.83. The van der Waals surface area contributed by atoms with Gasteiger partial charge in [0.25, 0.3) is 0 Å². The Morgan fingerprint density at radius 2 is 2.33 bits per heavy atom. The van der Waals surface area contributed by atoms with E-state index in [1.54, 1.807) is 0 Å². The predicted octanol–water partition coefficient (Wildman–Crippen LogP) is 2.60. The summed E-state index contributed by atoms with van der Waals surface area (Å²) in [6, 6.07) is 0. The van der Waals surface area contributed by atoms with Crippen LogP contribution in [0.15, 0.2) is 11.1 Å². The van der Waals surface area contributed by atoms with E-state index in [1.807, 2.05) is 0 Å². The fraction of sp³-hybridized carbons (Fsp3) is 0.700. The molecule has 2 heteroatoms. The number of aliphatic carboxylic acids is 1. The summed E-state index contributed by atoms with van der Waals surface area (Å²) in [4.78, 5) is 10.5. The van der Waals surface area contributed by atoms with Crippen molar-refractivity contribution >= 4 is 5.97 Å². The fourth-order valence-corrected chi connectivity index (χ4v) is 1.92. The van der Waals surface area contributed by atoms with E-state index in [4.69, 9.17) is 5.11 Å². The highest BCUT2D eigenvalue weighted by atomic mass is 16.4. The molecule has 1 N–H and O–H groups in total. The molecule has 1 rings (SSSR count). The molecule has 0 fully saturated rings. The normalized spacial score (nSPS) is 24.3. The number of carboxylic acid groups (broad SMARTS) is 1. The molecule has 0 aromatic carbocycles. The Morgan fingerprint density at radius 3 is 2.83 bits per heavy atom. The van der Waals surface area contributed by atoms with Gasteiger partial charge in [-0.1, -0.05) is 18.1 Å². The second-order valence-corrected chi connectivity index (χ2v) is 3.67. The lowest BCUT2D eigenvalue weighted by Gasteiger charge is -2.23. The zero-order chi connectivity index (χ0) is 9.14. The second kappa shape index (κ2) is 3.74. The molecule has 0 radical (unpaired) electrons. The Kier molecular flexibility index (Phi) is 2.90. The molecule has 1 atom stereocenters. The van der Waals surface area contributed by atoms with Crippen LogP contribution in [0.3, 0.4) is 0 Å². The molecule has 1 unspecified atom stereocenters. The smallest absolute Gasteiger partial charge is 0.307 e. The summed E-state index contributed by atoms with van der Waals surface area (Å²) in [7, 11) is 0. The standard InChI is InChI=1S/C10H16O2/c1-7-4-3-5-8(2)9(7)6-10(11)12/h7H,3-6H2,1-2H3,(H,11,12). The molecular formula is C10H16O2. The minimum absolute atomic E-state index is 0.243. The largest absolute Gasteiger partial charge is 0.481 e. The SMILES string of the molecule is CC1=C(CC(=O)O)C(C)CCC1. The van der Waals surface area contributed by atoms with Gasteiger partial charge in [0.1, 0.15) is 0 Å². The van der Waals surface area contributed by atoms with Gasteiger partial charge in [-0.25, -0.2) is 0 Å². The highest BCUT2D eigenvalue weighted by Crippen LogP contribution is 2.31. The summed E-state index contributed by atoms with van der Waals surface area (Å²) in [5.41, 5.74) is 2.46. The van der Waals surface area contributed by atoms with Crippen molar-refractivity contribution in [1.82, 2.24) is 0 Å². The van der Waals surface area contributed by atoms with E-state index in [2.05, 4.69) is 13.8 Å². The number of allylic oxidation sites excluding steroid dienone is 1. The Bertz CT molecular complexity index is 216. The first-order valence-electron chi connectivity index (χ1n) is 4.51. The minimum atomic E-state index is -0.696. The molecular weight excluding hydrogens is 152 g/mol. The lowest BCUT2D eigenvalue weighted by Crippen LogP contribution is -2.11. The van der Waals surface area contributed by atoms with E-state index < -0.39 is 5.97 Å². The summed E-state index contributed by atoms with van der Waals surface area (Å²) in [6.45, 7) is 4.19. The van der Waals surface area contributed by atoms with Gasteiger partial charge in [-0.2, -0.15) is 0 Å². The Labute approximate surface area is 73.3 Å². The molecule has 2 nitrogen and oxygen atoms in total. The van der Waals surface area contributed by atoms with Crippen LogP contribution in [0.1, 0.15) is 39.5 Å². The minimum Gasteiger partial charge on any atom is -0.481 e. The van der Waals surface area contributed by atoms with Gasteiger partial charge in [-0.3, -0.25) is 4.79 Å². The van der Waals surface area contributed by atoms with E-state index >= 15 is 0 Å². The third kappa shape index (κ3) is 2.10. The average Bonchev–Trinajstić information content (AvgIpc) is 1.97. The van der Waals surface area contributed by atoms with Gasteiger partial charge in [0.05, 0.1) is 6.42 Å². The van der Waals surface area contributed by atoms with E-state index in [9.17, 15) is 4.79 Å². The van der Waals surface area contributed by atoms with Crippen molar-refractivity contribution in [2.24, 2.45) is 5.92 Å². The third-order valence-corrected chi connectivity index (χ3v) is 2.67. The molecule has 0 aliphatic heterocycles. The molecule has 0 amide bonds. The first-order valence-corrected chi connectivity index (χ1v) is 4.51. The van der Waals surface area contributed by atoms with E-state index in [0.717, 1.165) is 18.4 Å². The maximum Gasteiger partial charge on any atom is 0.307 e. The van der Waals surface area contributed by atoms with Crippen molar-refractivity contribution < 1.29 is 9.90 Å². The van der Waals surface area contributed by atoms with Gasteiger partial charge in [0.15, 0.2) is 0 Å². The van der Waals surface area contributed by atoms with E-state index in [0.29, 0.717) is 5.92 Å². The maximum absolute atomic E-state index is 10.5. The number of carboxylic acids is 1. The van der Waals surface area contributed by atoms with Crippen molar-refractivity contribution in [3.05, 3.63) is 11.1 Å². The number of carbonyl (C=O) groups is 1. The Morgan fingerprint density at radius 1 is 1.67 bits per heavy atom. The quantitative estimate of drug-likeness (QED) is 0.643. The van der Waals surface area contributed by atoms with Crippen molar-refractivity contribution in [3.8, 4) is 0 Å². The first-order chi connectivity index (χ1) is 5.61. The van der Waals surface area contributed by atoms with Crippen LogP contribution in [0.25, 0.3) is 0 Å². The van der Waals surface area contributed by atoms with Crippen molar-refractivity contribution in [2.75, 3.05) is 0 Å². The zero-order valence-corrected chi connectivity index (χ0v) is 7.76. The third-order valence-electron chi connectivity index (χ3n) is 2.67. The molecule has 68 valence electrons. The molecule has 0 bridgehead atoms. The summed E-state index contributed by atoms with van der Waals surface area (Å²) in [6.07, 6.45) is 3.70. The first kappa shape index (κ1) is 9.30. The molecule has 1 aliphatic rings. The zero-order valence-electron chi connectivity index (χ0n) is 7.76. The molecule has 0 saturated heterocycles. The molecule has 0 spiro atoms. The van der Waals surface area contributed by atoms with Gasteiger partial charge < -0.3 is 5.11 Å². The number of hydrogen-bond acceptors (Lipinski definition) is 1. The van der Waals surface area contributed by atoms with E-state index in [1.165, 1.54) is 12.0 Å². The molecule has 0 aromatic heterocycles. The van der Waals surface area contributed by atoms with Crippen LogP contribution in [-0.4, -0.2) is 11.1 Å². The van der Waals surface area contributed by atoms with Crippen molar-refractivity contribution in [3.63, 3.8) is 0 Å². The maximum atomic E-state index is 10.5. The highest BCUT2D eigenvalue weighted by Gasteiger charge is 2.18. The summed E-state index contributed by atoms with van der Waals surface area (Å²) in [5, 5.41) is 8.67. The van der Waals surface area contributed by atoms with Crippen molar-refractivity contribution in [1.29, 1.82) is 0 Å². The molecule has 12 heavy (non-hydrogen) atoms. The second-order valence-electron chi connectivity index (χ2n) is 3.67. The van der Waals surface area contributed by atoms with Gasteiger partial charge in [-0.05, 0) is 32.1 Å². The van der Waals surface area contributed by atoms with Crippen LogP contribution >= 0.6 is 0 Å². The van der Waals surface area contributed by atoms with Crippen LogP contribution in [-0.2, 0) is 4.79 Å². The van der Waals surface area contributed by atoms with Crippen LogP contribution < -0.4 is 0 Å². The van der Waals surface area contributed by atoms with Gasteiger partial charge in [0.2, 0.25) is 0 Å². The Balaban J connectivity index is 2.74. The van der Waals surface area contributed by atoms with Crippen molar-refractivity contribution in [2.45, 2.75) is 39.5 Å². The van der Waals surface area contributed by atoms with Gasteiger partial charge in [-0.15, -0.1) is 0 Å².